The number of rotatable bonds is 8. The molecule has 2 saturated heterocycles. The zero-order valence-electron chi connectivity index (χ0n) is 20.5. The number of benzene rings is 1. The van der Waals surface area contributed by atoms with Crippen LogP contribution in [0.4, 0.5) is 18.9 Å². The number of aliphatic hydroxyl groups excluding tert-OH is 1. The van der Waals surface area contributed by atoms with Crippen molar-refractivity contribution in [2.75, 3.05) is 51.3 Å². The average molecular weight is 514 g/mol. The largest absolute Gasteiger partial charge is 0.573 e. The van der Waals surface area contributed by atoms with Crippen molar-refractivity contribution in [3.8, 4) is 5.75 Å². The van der Waals surface area contributed by atoms with Crippen molar-refractivity contribution in [3.05, 3.63) is 24.3 Å². The van der Waals surface area contributed by atoms with Gasteiger partial charge in [0.2, 0.25) is 5.91 Å². The molecule has 0 radical (unpaired) electrons. The van der Waals surface area contributed by atoms with Gasteiger partial charge >= 0.3 is 12.3 Å². The maximum atomic E-state index is 13.0. The first-order chi connectivity index (χ1) is 17.1. The molecule has 1 N–H and O–H groups in total. The maximum absolute atomic E-state index is 13.0. The Morgan fingerprint density at radius 2 is 1.97 bits per heavy atom. The molecule has 0 bridgehead atoms. The van der Waals surface area contributed by atoms with Crippen LogP contribution in [0.1, 0.15) is 38.5 Å². The quantitative estimate of drug-likeness (QED) is 0.536. The molecule has 2 heterocycles. The second-order valence-electron chi connectivity index (χ2n) is 9.98. The number of halogens is 3. The van der Waals surface area contributed by atoms with Gasteiger partial charge in [0.15, 0.2) is 0 Å². The molecular weight excluding hydrogens is 479 g/mol. The number of aliphatic hydroxyl groups is 1. The van der Waals surface area contributed by atoms with E-state index in [-0.39, 0.29) is 36.1 Å². The molecule has 36 heavy (non-hydrogen) atoms. The topological polar surface area (TPSA) is 82.6 Å². The standard InChI is InChI=1S/C25H34F3N3O5/c1-35-23(34)20(6-3-11-29-13-10-24(8-9-24)21(32)17-29)31-15-14-30(12-7-22(31)33)18-4-2-5-19(16-18)36-25(26,27)28/h2,4-5,16,20-21,32H,3,6-15,17H2,1H3/t20-,21-/m1/s1. The summed E-state index contributed by atoms with van der Waals surface area (Å²) in [4.78, 5) is 31.2. The molecule has 3 aliphatic rings. The normalized spacial score (nSPS) is 23.4. The Labute approximate surface area is 208 Å². The molecule has 11 heteroatoms. The summed E-state index contributed by atoms with van der Waals surface area (Å²) in [5.74, 6) is -0.997. The number of carbonyl (C=O) groups excluding carboxylic acids is 2. The summed E-state index contributed by atoms with van der Waals surface area (Å²) in [5.41, 5.74) is 0.645. The smallest absolute Gasteiger partial charge is 0.467 e. The average Bonchev–Trinajstić information content (AvgIpc) is 3.63. The predicted octanol–water partition coefficient (Wildman–Crippen LogP) is 2.79. The van der Waals surface area contributed by atoms with Crippen molar-refractivity contribution in [3.63, 3.8) is 0 Å². The fourth-order valence-corrected chi connectivity index (χ4v) is 5.37. The van der Waals surface area contributed by atoms with Crippen LogP contribution in [0.3, 0.4) is 0 Å². The van der Waals surface area contributed by atoms with Gasteiger partial charge in [-0.3, -0.25) is 4.79 Å². The number of piperidine rings is 1. The number of methoxy groups -OCH3 is 1. The number of nitrogens with zero attached hydrogens (tertiary/aromatic N) is 3. The molecule has 2 atom stereocenters. The van der Waals surface area contributed by atoms with Crippen molar-refractivity contribution in [1.82, 2.24) is 9.80 Å². The minimum Gasteiger partial charge on any atom is -0.467 e. The van der Waals surface area contributed by atoms with Gasteiger partial charge in [-0.1, -0.05) is 6.07 Å². The number of alkyl halides is 3. The minimum atomic E-state index is -4.79. The van der Waals surface area contributed by atoms with Crippen LogP contribution in [-0.4, -0.2) is 91.7 Å². The van der Waals surface area contributed by atoms with Crippen LogP contribution in [0, 0.1) is 5.41 Å². The van der Waals surface area contributed by atoms with Gasteiger partial charge in [-0.25, -0.2) is 4.79 Å². The fourth-order valence-electron chi connectivity index (χ4n) is 5.37. The van der Waals surface area contributed by atoms with E-state index in [1.807, 2.05) is 4.90 Å². The molecule has 1 saturated carbocycles. The number of ether oxygens (including phenoxy) is 2. The third kappa shape index (κ3) is 6.42. The number of likely N-dealkylation sites (tertiary alicyclic amines) is 1. The number of esters is 1. The van der Waals surface area contributed by atoms with Crippen molar-refractivity contribution in [2.45, 2.75) is 57.0 Å². The Kier molecular flexibility index (Phi) is 7.99. The zero-order valence-corrected chi connectivity index (χ0v) is 20.5. The van der Waals surface area contributed by atoms with Crippen LogP contribution in [0.5, 0.6) is 5.75 Å². The Hall–Kier alpha value is -2.53. The third-order valence-electron chi connectivity index (χ3n) is 7.70. The summed E-state index contributed by atoms with van der Waals surface area (Å²) >= 11 is 0. The summed E-state index contributed by atoms with van der Waals surface area (Å²) in [6.45, 7) is 3.20. The lowest BCUT2D eigenvalue weighted by molar-refractivity contribution is -0.274. The minimum absolute atomic E-state index is 0.123. The first-order valence-electron chi connectivity index (χ1n) is 12.5. The van der Waals surface area contributed by atoms with Gasteiger partial charge in [-0.15, -0.1) is 13.2 Å². The van der Waals surface area contributed by atoms with Gasteiger partial charge in [0.05, 0.1) is 13.2 Å². The monoisotopic (exact) mass is 513 g/mol. The molecule has 1 amide bonds. The van der Waals surface area contributed by atoms with E-state index in [1.165, 1.54) is 30.2 Å². The van der Waals surface area contributed by atoms with E-state index in [1.54, 1.807) is 6.07 Å². The van der Waals surface area contributed by atoms with Gasteiger partial charge in [0.1, 0.15) is 11.8 Å². The van der Waals surface area contributed by atoms with Crippen LogP contribution in [0.2, 0.25) is 0 Å². The highest BCUT2D eigenvalue weighted by Crippen LogP contribution is 2.53. The molecule has 1 aromatic carbocycles. The van der Waals surface area contributed by atoms with Crippen molar-refractivity contribution in [1.29, 1.82) is 0 Å². The van der Waals surface area contributed by atoms with E-state index in [4.69, 9.17) is 4.74 Å². The van der Waals surface area contributed by atoms with Crippen LogP contribution < -0.4 is 9.64 Å². The first kappa shape index (κ1) is 26.5. The highest BCUT2D eigenvalue weighted by Gasteiger charge is 2.51. The van der Waals surface area contributed by atoms with E-state index in [9.17, 15) is 27.9 Å². The SMILES string of the molecule is COC(=O)[C@@H](CCCN1CCC2(CC2)[C@H](O)C1)N1CCN(c2cccc(OC(F)(F)F)c2)CCC1=O. The summed E-state index contributed by atoms with van der Waals surface area (Å²) in [6.07, 6.45) is -0.679. The van der Waals surface area contributed by atoms with Gasteiger partial charge in [0, 0.05) is 44.4 Å². The lowest BCUT2D eigenvalue weighted by Gasteiger charge is -2.36. The lowest BCUT2D eigenvalue weighted by atomic mass is 9.90. The molecule has 1 aromatic rings. The second kappa shape index (κ2) is 10.8. The van der Waals surface area contributed by atoms with Crippen LogP contribution in [0.25, 0.3) is 0 Å². The van der Waals surface area contributed by atoms with E-state index < -0.39 is 18.4 Å². The molecule has 1 spiro atoms. The summed E-state index contributed by atoms with van der Waals surface area (Å²) in [7, 11) is 1.30. The molecule has 200 valence electrons. The molecule has 1 aliphatic carbocycles. The molecule has 0 aromatic heterocycles. The van der Waals surface area contributed by atoms with Crippen LogP contribution in [-0.2, 0) is 14.3 Å². The van der Waals surface area contributed by atoms with Crippen molar-refractivity contribution < 1.29 is 37.3 Å². The van der Waals surface area contributed by atoms with Gasteiger partial charge in [0.25, 0.3) is 0 Å². The van der Waals surface area contributed by atoms with Crippen molar-refractivity contribution in [2.24, 2.45) is 5.41 Å². The molecule has 4 rings (SSSR count). The lowest BCUT2D eigenvalue weighted by Crippen LogP contribution is -2.48. The Bertz CT molecular complexity index is 940. The number of β-amino-alcohol motifs (C(OH)–C–C–N with tert-alkyl or cyclic N) is 1. The first-order valence-corrected chi connectivity index (χ1v) is 12.5. The highest BCUT2D eigenvalue weighted by atomic mass is 19.4. The van der Waals surface area contributed by atoms with E-state index in [0.29, 0.717) is 38.2 Å². The summed E-state index contributed by atoms with van der Waals surface area (Å²) in [6, 6.07) is 4.93. The molecule has 0 unspecified atom stereocenters. The maximum Gasteiger partial charge on any atom is 0.573 e. The zero-order chi connectivity index (χ0) is 25.9. The number of carbonyl (C=O) groups is 2. The summed E-state index contributed by atoms with van der Waals surface area (Å²) < 4.78 is 46.9. The van der Waals surface area contributed by atoms with Crippen LogP contribution in [0.15, 0.2) is 24.3 Å². The number of hydrogen-bond donors (Lipinski definition) is 1. The molecule has 2 aliphatic heterocycles. The number of anilines is 1. The van der Waals surface area contributed by atoms with Crippen molar-refractivity contribution >= 4 is 17.6 Å². The van der Waals surface area contributed by atoms with E-state index in [0.717, 1.165) is 32.4 Å². The second-order valence-corrected chi connectivity index (χ2v) is 9.98. The molecule has 3 fully saturated rings. The Balaban J connectivity index is 1.35. The summed E-state index contributed by atoms with van der Waals surface area (Å²) in [5, 5.41) is 10.4. The van der Waals surface area contributed by atoms with E-state index >= 15 is 0 Å². The third-order valence-corrected chi connectivity index (χ3v) is 7.70. The number of hydrogen-bond acceptors (Lipinski definition) is 7. The molecule has 8 nitrogen and oxygen atoms in total. The van der Waals surface area contributed by atoms with Crippen LogP contribution >= 0.6 is 0 Å². The Morgan fingerprint density at radius 1 is 1.19 bits per heavy atom. The van der Waals surface area contributed by atoms with E-state index in [2.05, 4.69) is 9.64 Å². The highest BCUT2D eigenvalue weighted by molar-refractivity contribution is 5.85. The number of amides is 1. The van der Waals surface area contributed by atoms with Gasteiger partial charge in [-0.2, -0.15) is 0 Å². The fraction of sp³-hybridized carbons (Fsp3) is 0.680. The van der Waals surface area contributed by atoms with Gasteiger partial charge < -0.3 is 29.3 Å². The predicted molar refractivity (Wildman–Crippen MR) is 125 cm³/mol. The Morgan fingerprint density at radius 3 is 2.64 bits per heavy atom. The van der Waals surface area contributed by atoms with Gasteiger partial charge in [-0.05, 0) is 62.7 Å². The molecular formula is C25H34F3N3O5.